The molecule has 1 aromatic rings. The predicted molar refractivity (Wildman–Crippen MR) is 131 cm³/mol. The molecule has 0 aromatic heterocycles. The Hall–Kier alpha value is -2.30. The van der Waals surface area contributed by atoms with Gasteiger partial charge in [0, 0.05) is 12.5 Å². The van der Waals surface area contributed by atoms with Crippen LogP contribution in [0.5, 0.6) is 0 Å². The smallest absolute Gasteiger partial charge is 0.411 e. The highest BCUT2D eigenvalue weighted by Crippen LogP contribution is 2.44. The second-order valence-corrected chi connectivity index (χ2v) is 11.3. The number of hydrogen-bond donors (Lipinski definition) is 0. The predicted octanol–water partition coefficient (Wildman–Crippen LogP) is 6.27. The summed E-state index contributed by atoms with van der Waals surface area (Å²) in [6.07, 6.45) is 6.41. The first-order valence-corrected chi connectivity index (χ1v) is 12.4. The van der Waals surface area contributed by atoms with Crippen LogP contribution >= 0.6 is 0 Å². The quantitative estimate of drug-likeness (QED) is 0.388. The summed E-state index contributed by atoms with van der Waals surface area (Å²) >= 11 is 0. The summed E-state index contributed by atoms with van der Waals surface area (Å²) in [5.74, 6) is 0.344. The highest BCUT2D eigenvalue weighted by Gasteiger charge is 2.50. The summed E-state index contributed by atoms with van der Waals surface area (Å²) in [6, 6.07) is 10.5. The molecule has 0 spiro atoms. The monoisotopic (exact) mass is 455 g/mol. The van der Waals surface area contributed by atoms with Gasteiger partial charge in [0.1, 0.15) is 11.7 Å². The van der Waals surface area contributed by atoms with Crippen molar-refractivity contribution in [3.05, 3.63) is 48.0 Å². The molecule has 1 unspecified atom stereocenters. The summed E-state index contributed by atoms with van der Waals surface area (Å²) in [5, 5.41) is 0. The Balaban J connectivity index is 1.86. The number of nitrogens with zero attached hydrogens (tertiary/aromatic N) is 1. The molecule has 182 valence electrons. The van der Waals surface area contributed by atoms with Gasteiger partial charge in [-0.2, -0.15) is 0 Å². The molecule has 5 nitrogen and oxygen atoms in total. The van der Waals surface area contributed by atoms with E-state index in [1.54, 1.807) is 0 Å². The van der Waals surface area contributed by atoms with Crippen molar-refractivity contribution in [3.8, 4) is 0 Å². The van der Waals surface area contributed by atoms with E-state index in [-0.39, 0.29) is 23.4 Å². The lowest BCUT2D eigenvalue weighted by Crippen LogP contribution is -2.56. The first kappa shape index (κ1) is 25.3. The maximum Gasteiger partial charge on any atom is 0.411 e. The van der Waals surface area contributed by atoms with E-state index < -0.39 is 17.2 Å². The molecule has 0 bridgehead atoms. The average Bonchev–Trinajstić information content (AvgIpc) is 3.19. The van der Waals surface area contributed by atoms with Crippen LogP contribution in [0.2, 0.25) is 0 Å². The van der Waals surface area contributed by atoms with Crippen LogP contribution in [0.3, 0.4) is 0 Å². The molecule has 1 aliphatic heterocycles. The lowest BCUT2D eigenvalue weighted by Gasteiger charge is -2.45. The number of rotatable bonds is 5. The Bertz CT molecular complexity index is 870. The second kappa shape index (κ2) is 9.52. The van der Waals surface area contributed by atoms with Crippen LogP contribution in [0.15, 0.2) is 42.5 Å². The fraction of sp³-hybridized carbons (Fsp3) is 0.643. The van der Waals surface area contributed by atoms with Crippen molar-refractivity contribution < 1.29 is 19.1 Å². The number of amides is 1. The van der Waals surface area contributed by atoms with Crippen molar-refractivity contribution in [1.82, 2.24) is 4.90 Å². The van der Waals surface area contributed by atoms with Crippen LogP contribution in [0.4, 0.5) is 4.79 Å². The molecule has 3 rings (SSSR count). The highest BCUT2D eigenvalue weighted by molar-refractivity contribution is 5.89. The van der Waals surface area contributed by atoms with E-state index in [2.05, 4.69) is 45.0 Å². The molecule has 5 heteroatoms. The number of benzene rings is 1. The van der Waals surface area contributed by atoms with Crippen molar-refractivity contribution in [1.29, 1.82) is 0 Å². The molecule has 2 aliphatic rings. The fourth-order valence-corrected chi connectivity index (χ4v) is 5.40. The normalized spacial score (nSPS) is 28.0. The Labute approximate surface area is 199 Å². The van der Waals surface area contributed by atoms with Crippen molar-refractivity contribution in [2.24, 2.45) is 11.8 Å². The SMILES string of the molecule is CCC1(C(=O)O[C@@H]2C[C@H](C)CC[C@H]2C(C)(C)c2ccccc2)C=CCN1C(=O)OC(C)(C)C. The molecule has 0 radical (unpaired) electrons. The van der Waals surface area contributed by atoms with Gasteiger partial charge in [-0.05, 0) is 63.0 Å². The first-order valence-electron chi connectivity index (χ1n) is 12.4. The van der Waals surface area contributed by atoms with Gasteiger partial charge in [0.2, 0.25) is 0 Å². The number of ether oxygens (including phenoxy) is 2. The van der Waals surface area contributed by atoms with Crippen molar-refractivity contribution in [2.75, 3.05) is 6.54 Å². The third-order valence-electron chi connectivity index (χ3n) is 7.43. The van der Waals surface area contributed by atoms with Gasteiger partial charge in [-0.15, -0.1) is 0 Å². The van der Waals surface area contributed by atoms with E-state index >= 15 is 0 Å². The van der Waals surface area contributed by atoms with Gasteiger partial charge in [0.05, 0.1) is 0 Å². The summed E-state index contributed by atoms with van der Waals surface area (Å²) in [6.45, 7) is 14.5. The third-order valence-corrected chi connectivity index (χ3v) is 7.43. The van der Waals surface area contributed by atoms with Gasteiger partial charge in [-0.3, -0.25) is 4.90 Å². The van der Waals surface area contributed by atoms with Crippen LogP contribution in [-0.2, 0) is 19.7 Å². The van der Waals surface area contributed by atoms with Crippen LogP contribution < -0.4 is 0 Å². The Morgan fingerprint density at radius 2 is 1.76 bits per heavy atom. The van der Waals surface area contributed by atoms with E-state index in [0.717, 1.165) is 19.3 Å². The van der Waals surface area contributed by atoms with Crippen molar-refractivity contribution in [2.45, 2.75) is 96.8 Å². The molecule has 0 saturated heterocycles. The summed E-state index contributed by atoms with van der Waals surface area (Å²) < 4.78 is 11.9. The summed E-state index contributed by atoms with van der Waals surface area (Å²) in [7, 11) is 0. The molecule has 0 N–H and O–H groups in total. The standard InChI is InChI=1S/C28H41NO4/c1-8-28(17-12-18-29(28)25(31)33-26(3,4)5)24(30)32-23-19-20(2)15-16-22(23)27(6,7)21-13-10-9-11-14-21/h9-14,17,20,22-23H,8,15-16,18-19H2,1-7H3/t20-,22-,23-,28?/m1/s1. The molecular formula is C28H41NO4. The summed E-state index contributed by atoms with van der Waals surface area (Å²) in [4.78, 5) is 28.2. The van der Waals surface area contributed by atoms with Gasteiger partial charge in [-0.25, -0.2) is 9.59 Å². The number of carbonyl (C=O) groups is 2. The maximum absolute atomic E-state index is 13.7. The molecule has 1 amide bonds. The minimum Gasteiger partial charge on any atom is -0.460 e. The lowest BCUT2D eigenvalue weighted by molar-refractivity contribution is -0.167. The molecule has 1 aliphatic carbocycles. The van der Waals surface area contributed by atoms with Gasteiger partial charge >= 0.3 is 12.1 Å². The molecule has 33 heavy (non-hydrogen) atoms. The van der Waals surface area contributed by atoms with E-state index in [1.807, 2.05) is 45.9 Å². The molecule has 1 heterocycles. The third kappa shape index (κ3) is 5.28. The zero-order valence-corrected chi connectivity index (χ0v) is 21.4. The topological polar surface area (TPSA) is 55.8 Å². The molecule has 1 aromatic carbocycles. The number of esters is 1. The number of carbonyl (C=O) groups excluding carboxylic acids is 2. The average molecular weight is 456 g/mol. The molecule has 1 fully saturated rings. The van der Waals surface area contributed by atoms with Crippen LogP contribution in [0.25, 0.3) is 0 Å². The molecule has 1 saturated carbocycles. The van der Waals surface area contributed by atoms with E-state index in [9.17, 15) is 9.59 Å². The van der Waals surface area contributed by atoms with Crippen LogP contribution in [-0.4, -0.2) is 40.8 Å². The van der Waals surface area contributed by atoms with Gasteiger partial charge in [0.25, 0.3) is 0 Å². The Morgan fingerprint density at radius 3 is 2.36 bits per heavy atom. The molecular weight excluding hydrogens is 414 g/mol. The van der Waals surface area contributed by atoms with Gasteiger partial charge in [-0.1, -0.05) is 70.5 Å². The van der Waals surface area contributed by atoms with Crippen molar-refractivity contribution >= 4 is 12.1 Å². The molecule has 4 atom stereocenters. The summed E-state index contributed by atoms with van der Waals surface area (Å²) in [5.41, 5.74) is -0.633. The first-order chi connectivity index (χ1) is 15.4. The fourth-order valence-electron chi connectivity index (χ4n) is 5.40. The lowest BCUT2D eigenvalue weighted by atomic mass is 9.64. The number of hydrogen-bond acceptors (Lipinski definition) is 4. The van der Waals surface area contributed by atoms with Crippen LogP contribution in [0.1, 0.15) is 79.7 Å². The largest absolute Gasteiger partial charge is 0.460 e. The van der Waals surface area contributed by atoms with E-state index in [4.69, 9.17) is 9.47 Å². The minimum atomic E-state index is -1.12. The Kier molecular flexibility index (Phi) is 7.30. The van der Waals surface area contributed by atoms with Gasteiger partial charge < -0.3 is 9.47 Å². The Morgan fingerprint density at radius 1 is 1.09 bits per heavy atom. The zero-order valence-electron chi connectivity index (χ0n) is 21.4. The van der Waals surface area contributed by atoms with Crippen molar-refractivity contribution in [3.63, 3.8) is 0 Å². The van der Waals surface area contributed by atoms with Gasteiger partial charge in [0.15, 0.2) is 5.54 Å². The van der Waals surface area contributed by atoms with E-state index in [0.29, 0.717) is 18.9 Å². The second-order valence-electron chi connectivity index (χ2n) is 11.3. The van der Waals surface area contributed by atoms with Crippen LogP contribution in [0, 0.1) is 11.8 Å². The van der Waals surface area contributed by atoms with E-state index in [1.165, 1.54) is 10.5 Å². The maximum atomic E-state index is 13.7. The zero-order chi connectivity index (χ0) is 24.4. The minimum absolute atomic E-state index is 0.137. The highest BCUT2D eigenvalue weighted by atomic mass is 16.6.